The molecule has 0 aliphatic rings. The Morgan fingerprint density at radius 1 is 1.38 bits per heavy atom. The molecule has 21 heavy (non-hydrogen) atoms. The molecule has 0 bridgehead atoms. The quantitative estimate of drug-likeness (QED) is 0.636. The van der Waals surface area contributed by atoms with Crippen molar-refractivity contribution in [2.24, 2.45) is 5.84 Å². The summed E-state index contributed by atoms with van der Waals surface area (Å²) in [7, 11) is 1.65. The highest BCUT2D eigenvalue weighted by atomic mass is 35.5. The molecular weight excluding hydrogens is 288 g/mol. The number of rotatable bonds is 6. The van der Waals surface area contributed by atoms with Crippen LogP contribution in [0.4, 0.5) is 0 Å². The summed E-state index contributed by atoms with van der Waals surface area (Å²) in [6.45, 7) is 4.74. The van der Waals surface area contributed by atoms with Crippen molar-refractivity contribution >= 4 is 11.6 Å². The van der Waals surface area contributed by atoms with Crippen LogP contribution in [0.15, 0.2) is 24.3 Å². The van der Waals surface area contributed by atoms with Gasteiger partial charge in [0.2, 0.25) is 0 Å². The number of hydrogen-bond donors (Lipinski definition) is 2. The summed E-state index contributed by atoms with van der Waals surface area (Å²) in [5.41, 5.74) is 5.77. The van der Waals surface area contributed by atoms with Crippen molar-refractivity contribution < 1.29 is 4.74 Å². The number of aromatic nitrogens is 2. The van der Waals surface area contributed by atoms with Crippen molar-refractivity contribution in [2.45, 2.75) is 32.9 Å². The number of hydrogen-bond acceptors (Lipinski definition) is 4. The summed E-state index contributed by atoms with van der Waals surface area (Å²) >= 11 is 6.36. The van der Waals surface area contributed by atoms with Gasteiger partial charge < -0.3 is 4.74 Å². The fourth-order valence-corrected chi connectivity index (χ4v) is 2.58. The van der Waals surface area contributed by atoms with Gasteiger partial charge in [-0.15, -0.1) is 0 Å². The van der Waals surface area contributed by atoms with Crippen LogP contribution >= 0.6 is 11.6 Å². The number of methoxy groups -OCH3 is 1. The third-order valence-electron chi connectivity index (χ3n) is 3.57. The van der Waals surface area contributed by atoms with Crippen LogP contribution in [0.2, 0.25) is 5.02 Å². The molecule has 6 heteroatoms. The molecule has 1 atom stereocenters. The van der Waals surface area contributed by atoms with E-state index in [9.17, 15) is 0 Å². The molecule has 1 heterocycles. The number of nitrogens with two attached hydrogens (primary N) is 1. The van der Waals surface area contributed by atoms with Gasteiger partial charge in [0.05, 0.1) is 29.6 Å². The first-order chi connectivity index (χ1) is 10.1. The summed E-state index contributed by atoms with van der Waals surface area (Å²) in [5.74, 6) is 6.54. The van der Waals surface area contributed by atoms with Gasteiger partial charge in [-0.3, -0.25) is 16.0 Å². The Labute approximate surface area is 130 Å². The summed E-state index contributed by atoms with van der Waals surface area (Å²) < 4.78 is 7.10. The van der Waals surface area contributed by atoms with Crippen molar-refractivity contribution in [1.82, 2.24) is 15.2 Å². The first-order valence-electron chi connectivity index (χ1n) is 6.92. The van der Waals surface area contributed by atoms with E-state index >= 15 is 0 Å². The van der Waals surface area contributed by atoms with Crippen LogP contribution in [0.25, 0.3) is 0 Å². The summed E-state index contributed by atoms with van der Waals surface area (Å²) in [6.07, 6.45) is 0.677. The molecule has 0 radical (unpaired) electrons. The van der Waals surface area contributed by atoms with Gasteiger partial charge in [0.1, 0.15) is 5.75 Å². The highest BCUT2D eigenvalue weighted by Gasteiger charge is 2.18. The molecule has 0 saturated heterocycles. The Morgan fingerprint density at radius 2 is 2.05 bits per heavy atom. The largest absolute Gasteiger partial charge is 0.497 e. The fourth-order valence-electron chi connectivity index (χ4n) is 2.37. The number of halogens is 1. The third kappa shape index (κ3) is 3.37. The van der Waals surface area contributed by atoms with Gasteiger partial charge in [-0.2, -0.15) is 5.10 Å². The maximum Gasteiger partial charge on any atom is 0.118 e. The van der Waals surface area contributed by atoms with Crippen molar-refractivity contribution in [1.29, 1.82) is 0 Å². The number of ether oxygens (including phenoxy) is 1. The Hall–Kier alpha value is -1.56. The second-order valence-corrected chi connectivity index (χ2v) is 5.24. The molecule has 114 valence electrons. The van der Waals surface area contributed by atoms with Crippen LogP contribution in [0.1, 0.15) is 29.9 Å². The average molecular weight is 309 g/mol. The van der Waals surface area contributed by atoms with Crippen molar-refractivity contribution in [3.05, 3.63) is 46.2 Å². The minimum Gasteiger partial charge on any atom is -0.497 e. The standard InChI is InChI=1S/C15H21ClN4O/c1-4-20-14(15(16)10(2)19-20)9-13(18-17)11-5-7-12(21-3)8-6-11/h5-8,13,18H,4,9,17H2,1-3H3. The van der Waals surface area contributed by atoms with Crippen molar-refractivity contribution in [3.8, 4) is 5.75 Å². The number of nitrogens with one attached hydrogen (secondary N) is 1. The summed E-state index contributed by atoms with van der Waals surface area (Å²) in [4.78, 5) is 0. The first-order valence-corrected chi connectivity index (χ1v) is 7.30. The van der Waals surface area contributed by atoms with Gasteiger partial charge in [-0.25, -0.2) is 0 Å². The molecule has 0 amide bonds. The Morgan fingerprint density at radius 3 is 2.57 bits per heavy atom. The van der Waals surface area contributed by atoms with Crippen LogP contribution in [0.5, 0.6) is 5.75 Å². The minimum absolute atomic E-state index is 0.0326. The zero-order chi connectivity index (χ0) is 15.4. The SMILES string of the molecule is CCn1nc(C)c(Cl)c1CC(NN)c1ccc(OC)cc1. The van der Waals surface area contributed by atoms with E-state index in [1.165, 1.54) is 0 Å². The van der Waals surface area contributed by atoms with Crippen LogP contribution in [0.3, 0.4) is 0 Å². The predicted molar refractivity (Wildman–Crippen MR) is 84.4 cm³/mol. The summed E-state index contributed by atoms with van der Waals surface area (Å²) in [6, 6.07) is 7.80. The minimum atomic E-state index is -0.0326. The van der Waals surface area contributed by atoms with E-state index in [2.05, 4.69) is 10.5 Å². The second kappa shape index (κ2) is 6.93. The zero-order valence-electron chi connectivity index (χ0n) is 12.6. The molecule has 0 saturated carbocycles. The molecular formula is C15H21ClN4O. The normalized spacial score (nSPS) is 12.4. The van der Waals surface area contributed by atoms with Gasteiger partial charge >= 0.3 is 0 Å². The predicted octanol–water partition coefficient (Wildman–Crippen LogP) is 2.62. The van der Waals surface area contributed by atoms with Crippen molar-refractivity contribution in [2.75, 3.05) is 7.11 Å². The molecule has 1 unspecified atom stereocenters. The number of nitrogens with zero attached hydrogens (tertiary/aromatic N) is 2. The van der Waals surface area contributed by atoms with Crippen molar-refractivity contribution in [3.63, 3.8) is 0 Å². The van der Waals surface area contributed by atoms with E-state index in [1.807, 2.05) is 42.8 Å². The number of benzene rings is 1. The van der Waals surface area contributed by atoms with Gasteiger partial charge in [0.15, 0.2) is 0 Å². The topological polar surface area (TPSA) is 65.1 Å². The molecule has 5 nitrogen and oxygen atoms in total. The summed E-state index contributed by atoms with van der Waals surface area (Å²) in [5, 5.41) is 5.15. The molecule has 0 aliphatic heterocycles. The van der Waals surface area contributed by atoms with Gasteiger partial charge in [0.25, 0.3) is 0 Å². The van der Waals surface area contributed by atoms with E-state index in [-0.39, 0.29) is 6.04 Å². The van der Waals surface area contributed by atoms with Crippen LogP contribution < -0.4 is 16.0 Å². The lowest BCUT2D eigenvalue weighted by atomic mass is 10.0. The van der Waals surface area contributed by atoms with E-state index in [1.54, 1.807) is 7.11 Å². The van der Waals surface area contributed by atoms with Crippen LogP contribution in [-0.2, 0) is 13.0 Å². The lowest BCUT2D eigenvalue weighted by Crippen LogP contribution is -2.30. The third-order valence-corrected chi connectivity index (χ3v) is 4.06. The monoisotopic (exact) mass is 308 g/mol. The molecule has 0 aliphatic carbocycles. The van der Waals surface area contributed by atoms with E-state index in [0.29, 0.717) is 11.4 Å². The molecule has 1 aromatic heterocycles. The van der Waals surface area contributed by atoms with Gasteiger partial charge in [-0.05, 0) is 31.5 Å². The Kier molecular flexibility index (Phi) is 5.22. The average Bonchev–Trinajstić information content (AvgIpc) is 2.80. The van der Waals surface area contributed by atoms with E-state index < -0.39 is 0 Å². The molecule has 2 rings (SSSR count). The Balaban J connectivity index is 2.26. The Bertz CT molecular complexity index is 594. The molecule has 0 fully saturated rings. The number of aryl methyl sites for hydroxylation is 2. The second-order valence-electron chi connectivity index (χ2n) is 4.86. The van der Waals surface area contributed by atoms with Gasteiger partial charge in [0, 0.05) is 13.0 Å². The maximum absolute atomic E-state index is 6.36. The maximum atomic E-state index is 6.36. The molecule has 3 N–H and O–H groups in total. The highest BCUT2D eigenvalue weighted by molar-refractivity contribution is 6.31. The molecule has 1 aromatic carbocycles. The molecule has 2 aromatic rings. The first kappa shape index (κ1) is 15.8. The van der Waals surface area contributed by atoms with E-state index in [4.69, 9.17) is 22.2 Å². The van der Waals surface area contributed by atoms with Crippen LogP contribution in [0, 0.1) is 6.92 Å². The van der Waals surface area contributed by atoms with E-state index in [0.717, 1.165) is 29.2 Å². The number of hydrazine groups is 1. The lowest BCUT2D eigenvalue weighted by molar-refractivity contribution is 0.414. The van der Waals surface area contributed by atoms with Crippen LogP contribution in [-0.4, -0.2) is 16.9 Å². The van der Waals surface area contributed by atoms with Gasteiger partial charge in [-0.1, -0.05) is 23.7 Å². The fraction of sp³-hybridized carbons (Fsp3) is 0.400. The smallest absolute Gasteiger partial charge is 0.118 e. The zero-order valence-corrected chi connectivity index (χ0v) is 13.3. The molecule has 0 spiro atoms. The highest BCUT2D eigenvalue weighted by Crippen LogP contribution is 2.26. The lowest BCUT2D eigenvalue weighted by Gasteiger charge is -2.17.